The van der Waals surface area contributed by atoms with Crippen molar-refractivity contribution < 1.29 is 8.42 Å². The number of hydrogen-bond acceptors (Lipinski definition) is 6. The number of sulfone groups is 1. The van der Waals surface area contributed by atoms with Crippen LogP contribution >= 0.6 is 46.4 Å². The van der Waals surface area contributed by atoms with Crippen molar-refractivity contribution in [2.24, 2.45) is 0 Å². The Labute approximate surface area is 174 Å². The van der Waals surface area contributed by atoms with Gasteiger partial charge in [-0.15, -0.1) is 10.2 Å². The Morgan fingerprint density at radius 1 is 0.963 bits per heavy atom. The minimum absolute atomic E-state index is 0.0000635. The Bertz CT molecular complexity index is 1060. The largest absolute Gasteiger partial charge is 0.243 e. The summed E-state index contributed by atoms with van der Waals surface area (Å²) < 4.78 is 28.2. The predicted molar refractivity (Wildman–Crippen MR) is 102 cm³/mol. The summed E-state index contributed by atoms with van der Waals surface area (Å²) in [6.07, 6.45) is 0. The fourth-order valence-electron chi connectivity index (χ4n) is 2.42. The summed E-state index contributed by atoms with van der Waals surface area (Å²) in [5.41, 5.74) is 0.945. The van der Waals surface area contributed by atoms with Gasteiger partial charge in [-0.3, -0.25) is 0 Å². The van der Waals surface area contributed by atoms with Crippen LogP contribution in [0.5, 0.6) is 0 Å². The molecule has 2 heterocycles. The first-order valence-corrected chi connectivity index (χ1v) is 10.6. The summed E-state index contributed by atoms with van der Waals surface area (Å²) in [4.78, 5) is 7.75. The van der Waals surface area contributed by atoms with E-state index in [1.54, 1.807) is 12.1 Å². The SMILES string of the molecule is Cc1ccc(S(=O)(=O)C[C@@H](Cn2nc(Cl)nc2Cl)n2nc(Cl)nc2Cl)cc1. The van der Waals surface area contributed by atoms with Crippen molar-refractivity contribution in [2.45, 2.75) is 24.4 Å². The fraction of sp³-hybridized carbons (Fsp3) is 0.286. The first kappa shape index (κ1) is 20.3. The molecular weight excluding hydrogens is 458 g/mol. The molecule has 0 aliphatic carbocycles. The molecule has 2 aromatic heterocycles. The molecule has 13 heteroatoms. The molecule has 1 atom stereocenters. The first-order chi connectivity index (χ1) is 12.7. The maximum Gasteiger partial charge on any atom is 0.243 e. The Kier molecular flexibility index (Phi) is 5.97. The summed E-state index contributed by atoms with van der Waals surface area (Å²) in [5.74, 6) is -0.344. The van der Waals surface area contributed by atoms with Gasteiger partial charge in [0.25, 0.3) is 0 Å². The Morgan fingerprint density at radius 2 is 1.56 bits per heavy atom. The minimum Gasteiger partial charge on any atom is -0.233 e. The van der Waals surface area contributed by atoms with E-state index >= 15 is 0 Å². The standard InChI is InChI=1S/C14H12Cl4N6O2S/c1-8-2-4-10(5-3-8)27(25,26)7-9(24-14(18)20-12(16)22-24)6-23-13(17)19-11(15)21-23/h2-5,9H,6-7H2,1H3/t9-/m1/s1. The average molecular weight is 470 g/mol. The second-order valence-electron chi connectivity index (χ2n) is 5.67. The lowest BCUT2D eigenvalue weighted by molar-refractivity contribution is 0.404. The van der Waals surface area contributed by atoms with E-state index in [1.807, 2.05) is 6.92 Å². The number of rotatable bonds is 6. The van der Waals surface area contributed by atoms with Crippen molar-refractivity contribution in [3.05, 3.63) is 51.0 Å². The van der Waals surface area contributed by atoms with E-state index in [9.17, 15) is 8.42 Å². The highest BCUT2D eigenvalue weighted by Crippen LogP contribution is 2.24. The van der Waals surface area contributed by atoms with Crippen LogP contribution in [0.15, 0.2) is 29.2 Å². The molecule has 0 saturated carbocycles. The zero-order valence-corrected chi connectivity index (χ0v) is 17.6. The van der Waals surface area contributed by atoms with Gasteiger partial charge < -0.3 is 0 Å². The van der Waals surface area contributed by atoms with Crippen molar-refractivity contribution in [1.82, 2.24) is 29.5 Å². The highest BCUT2D eigenvalue weighted by molar-refractivity contribution is 7.91. The molecule has 0 radical (unpaired) electrons. The van der Waals surface area contributed by atoms with Gasteiger partial charge >= 0.3 is 0 Å². The van der Waals surface area contributed by atoms with Crippen molar-refractivity contribution in [1.29, 1.82) is 0 Å². The average Bonchev–Trinajstić information content (AvgIpc) is 3.07. The molecule has 0 fully saturated rings. The molecule has 0 aliphatic heterocycles. The van der Waals surface area contributed by atoms with Crippen LogP contribution in [0.25, 0.3) is 0 Å². The molecule has 144 valence electrons. The van der Waals surface area contributed by atoms with E-state index in [4.69, 9.17) is 46.4 Å². The van der Waals surface area contributed by atoms with E-state index in [2.05, 4.69) is 20.2 Å². The van der Waals surface area contributed by atoms with Gasteiger partial charge in [0.05, 0.1) is 23.2 Å². The predicted octanol–water partition coefficient (Wildman–Crippen LogP) is 3.51. The highest BCUT2D eigenvalue weighted by atomic mass is 35.5. The van der Waals surface area contributed by atoms with Gasteiger partial charge in [0.15, 0.2) is 9.84 Å². The van der Waals surface area contributed by atoms with Gasteiger partial charge in [-0.25, -0.2) is 17.8 Å². The molecule has 0 saturated heterocycles. The highest BCUT2D eigenvalue weighted by Gasteiger charge is 2.27. The second-order valence-corrected chi connectivity index (χ2v) is 9.06. The van der Waals surface area contributed by atoms with Gasteiger partial charge in [-0.05, 0) is 65.5 Å². The molecule has 27 heavy (non-hydrogen) atoms. The lowest BCUT2D eigenvalue weighted by Gasteiger charge is -2.18. The third-order valence-corrected chi connectivity index (χ3v) is 6.36. The van der Waals surface area contributed by atoms with Crippen molar-refractivity contribution in [3.8, 4) is 0 Å². The summed E-state index contributed by atoms with van der Waals surface area (Å²) in [5, 5.41) is 7.66. The number of nitrogens with zero attached hydrogens (tertiary/aromatic N) is 6. The van der Waals surface area contributed by atoms with E-state index in [0.29, 0.717) is 0 Å². The first-order valence-electron chi connectivity index (χ1n) is 7.48. The number of aryl methyl sites for hydroxylation is 1. The molecule has 3 rings (SSSR count). The molecular formula is C14H12Cl4N6O2S. The third-order valence-electron chi connectivity index (χ3n) is 3.69. The van der Waals surface area contributed by atoms with Gasteiger partial charge in [0.2, 0.25) is 21.1 Å². The monoisotopic (exact) mass is 468 g/mol. The van der Waals surface area contributed by atoms with Crippen molar-refractivity contribution in [2.75, 3.05) is 5.75 Å². The Morgan fingerprint density at radius 3 is 2.07 bits per heavy atom. The maximum absolute atomic E-state index is 12.9. The van der Waals surface area contributed by atoms with Gasteiger partial charge in [0.1, 0.15) is 0 Å². The molecule has 8 nitrogen and oxygen atoms in total. The van der Waals surface area contributed by atoms with Crippen LogP contribution in [-0.4, -0.2) is 43.7 Å². The zero-order chi connectivity index (χ0) is 19.8. The maximum atomic E-state index is 12.9. The summed E-state index contributed by atoms with van der Waals surface area (Å²) >= 11 is 23.6. The molecule has 0 bridgehead atoms. The number of hydrogen-bond donors (Lipinski definition) is 0. The number of benzene rings is 1. The Balaban J connectivity index is 1.97. The normalized spacial score (nSPS) is 13.1. The number of aromatic nitrogens is 6. The molecule has 3 aromatic rings. The van der Waals surface area contributed by atoms with Crippen molar-refractivity contribution >= 4 is 56.2 Å². The lowest BCUT2D eigenvalue weighted by atomic mass is 10.2. The quantitative estimate of drug-likeness (QED) is 0.548. The molecule has 1 aromatic carbocycles. The smallest absolute Gasteiger partial charge is 0.233 e. The minimum atomic E-state index is -3.69. The van der Waals surface area contributed by atoms with Gasteiger partial charge in [-0.1, -0.05) is 17.7 Å². The van der Waals surface area contributed by atoms with Crippen molar-refractivity contribution in [3.63, 3.8) is 0 Å². The van der Waals surface area contributed by atoms with Crippen LogP contribution in [0.1, 0.15) is 11.6 Å². The van der Waals surface area contributed by atoms with E-state index in [-0.39, 0.29) is 38.3 Å². The summed E-state index contributed by atoms with van der Waals surface area (Å²) in [7, 11) is -3.69. The van der Waals surface area contributed by atoms with Gasteiger partial charge in [-0.2, -0.15) is 9.97 Å². The molecule has 0 spiro atoms. The Hall–Kier alpha value is -1.39. The van der Waals surface area contributed by atoms with Gasteiger partial charge in [0, 0.05) is 0 Å². The van der Waals surface area contributed by atoms with E-state index in [0.717, 1.165) is 5.56 Å². The summed E-state index contributed by atoms with van der Waals surface area (Å²) in [6.45, 7) is 1.86. The third kappa shape index (κ3) is 4.72. The summed E-state index contributed by atoms with van der Waals surface area (Å²) in [6, 6.07) is 5.71. The second kappa shape index (κ2) is 7.92. The fourth-order valence-corrected chi connectivity index (χ4v) is 4.78. The van der Waals surface area contributed by atoms with E-state index in [1.165, 1.54) is 21.5 Å². The molecule has 0 amide bonds. The zero-order valence-electron chi connectivity index (χ0n) is 13.7. The molecule has 0 aliphatic rings. The lowest BCUT2D eigenvalue weighted by Crippen LogP contribution is -2.26. The van der Waals surface area contributed by atoms with E-state index < -0.39 is 15.9 Å². The van der Waals surface area contributed by atoms with Crippen LogP contribution in [0.2, 0.25) is 21.1 Å². The van der Waals surface area contributed by atoms with Crippen LogP contribution in [0, 0.1) is 6.92 Å². The molecule has 0 N–H and O–H groups in total. The van der Waals surface area contributed by atoms with Crippen LogP contribution < -0.4 is 0 Å². The van der Waals surface area contributed by atoms with Crippen LogP contribution in [0.3, 0.4) is 0 Å². The van der Waals surface area contributed by atoms with Crippen LogP contribution in [-0.2, 0) is 16.4 Å². The van der Waals surface area contributed by atoms with Crippen LogP contribution in [0.4, 0.5) is 0 Å². The topological polar surface area (TPSA) is 95.6 Å². The number of halogens is 4. The molecule has 0 unspecified atom stereocenters.